The molecule has 5 nitrogen and oxygen atoms in total. The highest BCUT2D eigenvalue weighted by Gasteiger charge is 1.97. The number of carboxylic acid groups (broad SMARTS) is 1. The van der Waals surface area contributed by atoms with Gasteiger partial charge in [0.1, 0.15) is 5.75 Å². The van der Waals surface area contributed by atoms with Gasteiger partial charge in [-0.25, -0.2) is 4.79 Å². The van der Waals surface area contributed by atoms with Crippen LogP contribution in [-0.4, -0.2) is 18.3 Å². The van der Waals surface area contributed by atoms with Crippen LogP contribution >= 0.6 is 0 Å². The summed E-state index contributed by atoms with van der Waals surface area (Å²) in [4.78, 5) is 10.1. The molecule has 2 rings (SSSR count). The Morgan fingerprint density at radius 2 is 1.77 bits per heavy atom. The quantitative estimate of drug-likeness (QED) is 0.810. The van der Waals surface area contributed by atoms with Gasteiger partial charge in [0.2, 0.25) is 0 Å². The van der Waals surface area contributed by atoms with Crippen LogP contribution in [0.1, 0.15) is 24.1 Å². The van der Waals surface area contributed by atoms with Crippen molar-refractivity contribution < 1.29 is 14.6 Å². The van der Waals surface area contributed by atoms with Gasteiger partial charge < -0.3 is 20.9 Å². The predicted octanol–water partition coefficient (Wildman–Crippen LogP) is 3.17. The number of ether oxygens (including phenoxy) is 1. The summed E-state index contributed by atoms with van der Waals surface area (Å²) in [6.45, 7) is 2.33. The zero-order chi connectivity index (χ0) is 16.4. The number of hydrogen-bond acceptors (Lipinski definition) is 3. The lowest BCUT2D eigenvalue weighted by molar-refractivity contribution is 0.194. The van der Waals surface area contributed by atoms with E-state index in [2.05, 4.69) is 5.32 Å². The smallest absolute Gasteiger partial charge is 0.404 e. The van der Waals surface area contributed by atoms with Gasteiger partial charge >= 0.3 is 6.09 Å². The lowest BCUT2D eigenvalue weighted by Crippen LogP contribution is -2.19. The molecule has 2 aromatic rings. The molecule has 0 radical (unpaired) electrons. The van der Waals surface area contributed by atoms with Crippen LogP contribution in [0.15, 0.2) is 54.6 Å². The third-order valence-corrected chi connectivity index (χ3v) is 2.93. The van der Waals surface area contributed by atoms with Gasteiger partial charge in [0.25, 0.3) is 0 Å². The molecule has 0 aliphatic rings. The van der Waals surface area contributed by atoms with Gasteiger partial charge in [0.05, 0.1) is 7.11 Å². The normalized spacial score (nSPS) is 10.9. The summed E-state index contributed by atoms with van der Waals surface area (Å²) in [6.07, 6.45) is -0.992. The third kappa shape index (κ3) is 6.76. The lowest BCUT2D eigenvalue weighted by Gasteiger charge is -2.05. The van der Waals surface area contributed by atoms with Crippen LogP contribution in [0.25, 0.3) is 0 Å². The maximum atomic E-state index is 10.1. The maximum absolute atomic E-state index is 10.1. The summed E-state index contributed by atoms with van der Waals surface area (Å²) in [7, 11) is 1.65. The molecule has 22 heavy (non-hydrogen) atoms. The SMILES string of the molecule is COc1ccc([C@H](C)N)cc1.O=C(O)NCc1ccccc1. The fourth-order valence-corrected chi connectivity index (χ4v) is 1.68. The average molecular weight is 302 g/mol. The molecule has 1 amide bonds. The molecule has 0 saturated carbocycles. The van der Waals surface area contributed by atoms with Gasteiger partial charge in [-0.1, -0.05) is 42.5 Å². The van der Waals surface area contributed by atoms with Gasteiger partial charge in [0, 0.05) is 12.6 Å². The zero-order valence-corrected chi connectivity index (χ0v) is 12.8. The molecule has 0 saturated heterocycles. The fraction of sp³-hybridized carbons (Fsp3) is 0.235. The molecule has 2 aromatic carbocycles. The Hall–Kier alpha value is -2.53. The van der Waals surface area contributed by atoms with E-state index in [1.807, 2.05) is 61.5 Å². The lowest BCUT2D eigenvalue weighted by atomic mass is 10.1. The third-order valence-electron chi connectivity index (χ3n) is 2.93. The Morgan fingerprint density at radius 1 is 1.18 bits per heavy atom. The molecule has 118 valence electrons. The van der Waals surface area contributed by atoms with Gasteiger partial charge in [0.15, 0.2) is 0 Å². The topological polar surface area (TPSA) is 84.6 Å². The van der Waals surface area contributed by atoms with Crippen molar-refractivity contribution in [3.05, 3.63) is 65.7 Å². The van der Waals surface area contributed by atoms with Crippen molar-refractivity contribution in [1.29, 1.82) is 0 Å². The zero-order valence-electron chi connectivity index (χ0n) is 12.8. The second kappa shape index (κ2) is 9.41. The number of hydrogen-bond donors (Lipinski definition) is 3. The van der Waals surface area contributed by atoms with E-state index in [4.69, 9.17) is 15.6 Å². The van der Waals surface area contributed by atoms with Crippen molar-refractivity contribution in [1.82, 2.24) is 5.32 Å². The summed E-state index contributed by atoms with van der Waals surface area (Å²) < 4.78 is 5.01. The molecular formula is C17H22N2O3. The highest BCUT2D eigenvalue weighted by Crippen LogP contribution is 2.14. The summed E-state index contributed by atoms with van der Waals surface area (Å²) in [5.74, 6) is 0.870. The van der Waals surface area contributed by atoms with E-state index in [-0.39, 0.29) is 6.04 Å². The Kier molecular flexibility index (Phi) is 7.50. The van der Waals surface area contributed by atoms with Gasteiger partial charge in [-0.2, -0.15) is 0 Å². The number of nitrogens with one attached hydrogen (secondary N) is 1. The fourth-order valence-electron chi connectivity index (χ4n) is 1.68. The largest absolute Gasteiger partial charge is 0.497 e. The van der Waals surface area contributed by atoms with Crippen molar-refractivity contribution in [3.8, 4) is 5.75 Å². The molecule has 0 bridgehead atoms. The van der Waals surface area contributed by atoms with Crippen LogP contribution in [0.5, 0.6) is 5.75 Å². The number of methoxy groups -OCH3 is 1. The van der Waals surface area contributed by atoms with Crippen LogP contribution in [-0.2, 0) is 6.54 Å². The minimum atomic E-state index is -0.992. The van der Waals surface area contributed by atoms with Crippen LogP contribution in [0.3, 0.4) is 0 Å². The number of amides is 1. The number of nitrogens with two attached hydrogens (primary N) is 1. The molecular weight excluding hydrogens is 280 g/mol. The predicted molar refractivity (Wildman–Crippen MR) is 86.9 cm³/mol. The molecule has 0 unspecified atom stereocenters. The molecule has 0 fully saturated rings. The number of carbonyl (C=O) groups is 1. The highest BCUT2D eigenvalue weighted by molar-refractivity contribution is 5.64. The molecule has 0 heterocycles. The first-order chi connectivity index (χ1) is 10.5. The summed E-state index contributed by atoms with van der Waals surface area (Å²) in [6, 6.07) is 17.3. The van der Waals surface area contributed by atoms with E-state index in [0.29, 0.717) is 6.54 Å². The summed E-state index contributed by atoms with van der Waals surface area (Å²) >= 11 is 0. The average Bonchev–Trinajstić information content (AvgIpc) is 2.54. The van der Waals surface area contributed by atoms with Gasteiger partial charge in [-0.15, -0.1) is 0 Å². The van der Waals surface area contributed by atoms with E-state index in [1.54, 1.807) is 7.11 Å². The van der Waals surface area contributed by atoms with E-state index in [1.165, 1.54) is 0 Å². The van der Waals surface area contributed by atoms with Crippen molar-refractivity contribution in [3.63, 3.8) is 0 Å². The number of benzene rings is 2. The second-order valence-electron chi connectivity index (χ2n) is 4.71. The molecule has 4 N–H and O–H groups in total. The second-order valence-corrected chi connectivity index (χ2v) is 4.71. The maximum Gasteiger partial charge on any atom is 0.404 e. The van der Waals surface area contributed by atoms with Crippen LogP contribution in [0, 0.1) is 0 Å². The minimum absolute atomic E-state index is 0.0981. The van der Waals surface area contributed by atoms with Crippen LogP contribution < -0.4 is 15.8 Å². The molecule has 0 aliphatic heterocycles. The monoisotopic (exact) mass is 302 g/mol. The molecule has 5 heteroatoms. The molecule has 1 atom stereocenters. The molecule has 0 spiro atoms. The Balaban J connectivity index is 0.000000220. The van der Waals surface area contributed by atoms with Crippen LogP contribution in [0.4, 0.5) is 4.79 Å². The van der Waals surface area contributed by atoms with Gasteiger partial charge in [-0.05, 0) is 30.2 Å². The summed E-state index contributed by atoms with van der Waals surface area (Å²) in [5, 5.41) is 10.5. The van der Waals surface area contributed by atoms with Crippen molar-refractivity contribution in [2.24, 2.45) is 5.73 Å². The molecule has 0 aliphatic carbocycles. The molecule has 0 aromatic heterocycles. The van der Waals surface area contributed by atoms with Crippen LogP contribution in [0.2, 0.25) is 0 Å². The van der Waals surface area contributed by atoms with E-state index in [9.17, 15) is 4.79 Å². The summed E-state index contributed by atoms with van der Waals surface area (Å²) in [5.41, 5.74) is 7.76. The Bertz CT molecular complexity index is 554. The first kappa shape index (κ1) is 17.5. The highest BCUT2D eigenvalue weighted by atomic mass is 16.5. The Labute approximate surface area is 130 Å². The van der Waals surface area contributed by atoms with E-state index < -0.39 is 6.09 Å². The first-order valence-corrected chi connectivity index (χ1v) is 6.93. The standard InChI is InChI=1S/C9H13NO.C8H9NO2/c1-7(10)8-3-5-9(11-2)6-4-8;10-8(11)9-6-7-4-2-1-3-5-7/h3-7H,10H2,1-2H3;1-5,9H,6H2,(H,10,11)/t7-;/m0./s1. The van der Waals surface area contributed by atoms with Crippen molar-refractivity contribution in [2.75, 3.05) is 7.11 Å². The van der Waals surface area contributed by atoms with Crippen molar-refractivity contribution in [2.45, 2.75) is 19.5 Å². The van der Waals surface area contributed by atoms with E-state index in [0.717, 1.165) is 16.9 Å². The first-order valence-electron chi connectivity index (χ1n) is 6.93. The van der Waals surface area contributed by atoms with Crippen molar-refractivity contribution >= 4 is 6.09 Å². The Morgan fingerprint density at radius 3 is 2.23 bits per heavy atom. The van der Waals surface area contributed by atoms with E-state index >= 15 is 0 Å². The minimum Gasteiger partial charge on any atom is -0.497 e. The van der Waals surface area contributed by atoms with Gasteiger partial charge in [-0.3, -0.25) is 0 Å². The number of rotatable bonds is 4.